The van der Waals surface area contributed by atoms with Crippen LogP contribution in [-0.4, -0.2) is 46.9 Å². The second-order valence-corrected chi connectivity index (χ2v) is 18.3. The maximum absolute atomic E-state index is 13.2. The van der Waals surface area contributed by atoms with E-state index in [0.717, 1.165) is 83.5 Å². The fourth-order valence-electron chi connectivity index (χ4n) is 8.05. The molecule has 0 rings (SSSR count). The van der Waals surface area contributed by atoms with E-state index in [-0.39, 0.29) is 24.9 Å². The van der Waals surface area contributed by atoms with E-state index in [1.807, 2.05) is 0 Å². The Morgan fingerprint density at radius 3 is 1.27 bits per heavy atom. The highest BCUT2D eigenvalue weighted by atomic mass is 16.5. The quantitative estimate of drug-likeness (QED) is 0.0321. The van der Waals surface area contributed by atoms with E-state index in [0.29, 0.717) is 19.3 Å². The van der Waals surface area contributed by atoms with Crippen LogP contribution in [0.5, 0.6) is 0 Å². The van der Waals surface area contributed by atoms with Gasteiger partial charge in [-0.3, -0.25) is 9.59 Å². The number of esters is 1. The number of amides is 1. The summed E-state index contributed by atoms with van der Waals surface area (Å²) in [7, 11) is 0. The van der Waals surface area contributed by atoms with Crippen molar-refractivity contribution in [2.24, 2.45) is 0 Å². The molecule has 0 bridgehead atoms. The molecule has 6 heteroatoms. The summed E-state index contributed by atoms with van der Waals surface area (Å²) in [6.45, 7) is 6.36. The summed E-state index contributed by atoms with van der Waals surface area (Å²) in [5, 5.41) is 23.8. The molecule has 0 saturated heterocycles. The zero-order valence-electron chi connectivity index (χ0n) is 41.7. The van der Waals surface area contributed by atoms with Gasteiger partial charge >= 0.3 is 5.97 Å². The smallest absolute Gasteiger partial charge is 0.306 e. The maximum atomic E-state index is 13.2. The number of unbranched alkanes of at least 4 members (excludes halogenated alkanes) is 26. The van der Waals surface area contributed by atoms with Crippen molar-refractivity contribution in [3.8, 4) is 0 Å². The van der Waals surface area contributed by atoms with Gasteiger partial charge in [-0.15, -0.1) is 0 Å². The summed E-state index contributed by atoms with van der Waals surface area (Å²) in [4.78, 5) is 26.1. The Morgan fingerprint density at radius 1 is 0.476 bits per heavy atom. The molecule has 6 nitrogen and oxygen atoms in total. The van der Waals surface area contributed by atoms with Gasteiger partial charge in [-0.25, -0.2) is 0 Å². The number of aliphatic hydroxyl groups excluding tert-OH is 2. The standard InChI is InChI=1S/C57H103NO5/c1-4-7-10-13-16-19-22-24-26-28-30-32-34-36-39-42-45-48-53(63-57(62)50-47-44-41-38-21-18-15-12-9-6-3)51-56(61)58-54(52-59)55(60)49-46-43-40-37-35-33-31-29-27-25-23-20-17-14-11-8-5-2/h7,10,16,19,24,26,30,32,36,39,53-55,59-60H,4-6,8-9,11-15,17-18,20-23,25,27-29,31,33-35,37-38,40-52H2,1-3H3,(H,58,61)/b10-7-,19-16-,26-24-,32-30-,39-36-. The predicted molar refractivity (Wildman–Crippen MR) is 273 cm³/mol. The van der Waals surface area contributed by atoms with E-state index >= 15 is 0 Å². The lowest BCUT2D eigenvalue weighted by Gasteiger charge is -2.24. The zero-order valence-corrected chi connectivity index (χ0v) is 41.7. The van der Waals surface area contributed by atoms with Crippen LogP contribution in [-0.2, 0) is 14.3 Å². The molecule has 0 spiro atoms. The molecule has 0 aliphatic carbocycles. The number of hydrogen-bond donors (Lipinski definition) is 3. The van der Waals surface area contributed by atoms with Crippen molar-refractivity contribution in [1.29, 1.82) is 0 Å². The lowest BCUT2D eigenvalue weighted by molar-refractivity contribution is -0.151. The van der Waals surface area contributed by atoms with E-state index in [1.54, 1.807) is 0 Å². The Balaban J connectivity index is 4.59. The van der Waals surface area contributed by atoms with Gasteiger partial charge in [-0.1, -0.05) is 248 Å². The highest BCUT2D eigenvalue weighted by Gasteiger charge is 2.24. The van der Waals surface area contributed by atoms with Crippen LogP contribution in [0.1, 0.15) is 265 Å². The summed E-state index contributed by atoms with van der Waals surface area (Å²) in [6, 6.07) is -0.720. The molecule has 3 unspecified atom stereocenters. The summed E-state index contributed by atoms with van der Waals surface area (Å²) >= 11 is 0. The van der Waals surface area contributed by atoms with Gasteiger partial charge in [0.05, 0.1) is 25.2 Å². The third-order valence-electron chi connectivity index (χ3n) is 12.1. The largest absolute Gasteiger partial charge is 0.462 e. The van der Waals surface area contributed by atoms with Crippen LogP contribution in [0.2, 0.25) is 0 Å². The van der Waals surface area contributed by atoms with E-state index in [2.05, 4.69) is 86.8 Å². The van der Waals surface area contributed by atoms with Crippen LogP contribution in [0.4, 0.5) is 0 Å². The molecule has 366 valence electrons. The predicted octanol–water partition coefficient (Wildman–Crippen LogP) is 16.4. The molecule has 0 aromatic carbocycles. The Morgan fingerprint density at radius 2 is 0.857 bits per heavy atom. The molecule has 0 fully saturated rings. The highest BCUT2D eigenvalue weighted by molar-refractivity contribution is 5.77. The first-order chi connectivity index (χ1) is 31.0. The monoisotopic (exact) mass is 882 g/mol. The number of hydrogen-bond acceptors (Lipinski definition) is 5. The number of allylic oxidation sites excluding steroid dienone is 10. The van der Waals surface area contributed by atoms with Gasteiger partial charge in [0, 0.05) is 6.42 Å². The van der Waals surface area contributed by atoms with Crippen LogP contribution in [0.3, 0.4) is 0 Å². The van der Waals surface area contributed by atoms with Gasteiger partial charge in [0.2, 0.25) is 5.91 Å². The third kappa shape index (κ3) is 45.9. The first kappa shape index (κ1) is 60.6. The maximum Gasteiger partial charge on any atom is 0.306 e. The minimum atomic E-state index is -0.803. The van der Waals surface area contributed by atoms with Crippen LogP contribution in [0, 0.1) is 0 Å². The van der Waals surface area contributed by atoms with E-state index in [9.17, 15) is 19.8 Å². The summed E-state index contributed by atoms with van der Waals surface area (Å²) in [5.74, 6) is -0.526. The van der Waals surface area contributed by atoms with Crippen molar-refractivity contribution in [3.63, 3.8) is 0 Å². The third-order valence-corrected chi connectivity index (χ3v) is 12.1. The lowest BCUT2D eigenvalue weighted by Crippen LogP contribution is -2.46. The molecular formula is C57H103NO5. The molecule has 0 aromatic heterocycles. The Hall–Kier alpha value is -2.44. The fourth-order valence-corrected chi connectivity index (χ4v) is 8.05. The van der Waals surface area contributed by atoms with Crippen LogP contribution < -0.4 is 5.32 Å². The number of carbonyl (C=O) groups is 2. The topological polar surface area (TPSA) is 95.9 Å². The molecule has 0 aliphatic heterocycles. The first-order valence-corrected chi connectivity index (χ1v) is 27.0. The molecule has 0 aromatic rings. The molecule has 1 amide bonds. The summed E-state index contributed by atoms with van der Waals surface area (Å²) in [5.41, 5.74) is 0. The Kier molecular flexibility index (Phi) is 48.6. The second-order valence-electron chi connectivity index (χ2n) is 18.3. The number of carbonyl (C=O) groups excluding carboxylic acids is 2. The Bertz CT molecular complexity index is 1130. The molecular weight excluding hydrogens is 779 g/mol. The first-order valence-electron chi connectivity index (χ1n) is 27.0. The van der Waals surface area contributed by atoms with Crippen molar-refractivity contribution in [2.45, 2.75) is 283 Å². The van der Waals surface area contributed by atoms with E-state index in [4.69, 9.17) is 4.74 Å². The molecule has 0 radical (unpaired) electrons. The summed E-state index contributed by atoms with van der Waals surface area (Å²) in [6.07, 6.45) is 62.9. The minimum absolute atomic E-state index is 0.0395. The van der Waals surface area contributed by atoms with Gasteiger partial charge in [-0.2, -0.15) is 0 Å². The van der Waals surface area contributed by atoms with E-state index in [1.165, 1.54) is 135 Å². The number of aliphatic hydroxyl groups is 2. The van der Waals surface area contributed by atoms with Crippen molar-refractivity contribution >= 4 is 11.9 Å². The zero-order chi connectivity index (χ0) is 45.9. The average Bonchev–Trinajstić information content (AvgIpc) is 3.28. The SMILES string of the molecule is CC/C=C\C/C=C\C/C=C\C/C=C\C/C=C\CCCC(CC(=O)NC(CO)C(O)CCCCCCCCCCCCCCCCCCC)OC(=O)CCCCCCCCCCCC. The molecule has 3 atom stereocenters. The van der Waals surface area contributed by atoms with Crippen LogP contribution >= 0.6 is 0 Å². The van der Waals surface area contributed by atoms with Gasteiger partial charge in [0.1, 0.15) is 6.10 Å². The normalized spacial score (nSPS) is 13.7. The van der Waals surface area contributed by atoms with Gasteiger partial charge in [0.25, 0.3) is 0 Å². The van der Waals surface area contributed by atoms with Gasteiger partial charge in [-0.05, 0) is 64.2 Å². The van der Waals surface area contributed by atoms with Crippen LogP contribution in [0.25, 0.3) is 0 Å². The molecule has 63 heavy (non-hydrogen) atoms. The lowest BCUT2D eigenvalue weighted by atomic mass is 10.0. The Labute approximate surface area is 390 Å². The van der Waals surface area contributed by atoms with Crippen molar-refractivity contribution < 1.29 is 24.5 Å². The molecule has 3 N–H and O–H groups in total. The summed E-state index contributed by atoms with van der Waals surface area (Å²) < 4.78 is 5.90. The van der Waals surface area contributed by atoms with Gasteiger partial charge < -0.3 is 20.3 Å². The van der Waals surface area contributed by atoms with Crippen LogP contribution in [0.15, 0.2) is 60.8 Å². The van der Waals surface area contributed by atoms with Crippen molar-refractivity contribution in [2.75, 3.05) is 6.61 Å². The minimum Gasteiger partial charge on any atom is -0.462 e. The van der Waals surface area contributed by atoms with Crippen molar-refractivity contribution in [1.82, 2.24) is 5.32 Å². The van der Waals surface area contributed by atoms with Gasteiger partial charge in [0.15, 0.2) is 0 Å². The van der Waals surface area contributed by atoms with Crippen molar-refractivity contribution in [3.05, 3.63) is 60.8 Å². The molecule has 0 aliphatic rings. The molecule has 0 saturated carbocycles. The second kappa shape index (κ2) is 50.6. The number of rotatable bonds is 48. The van der Waals surface area contributed by atoms with E-state index < -0.39 is 18.2 Å². The number of nitrogens with one attached hydrogen (secondary N) is 1. The highest BCUT2D eigenvalue weighted by Crippen LogP contribution is 2.17. The molecule has 0 heterocycles. The number of ether oxygens (including phenoxy) is 1. The average molecular weight is 882 g/mol. The fraction of sp³-hybridized carbons (Fsp3) is 0.789.